The highest BCUT2D eigenvalue weighted by atomic mass is 32.2. The van der Waals surface area contributed by atoms with Gasteiger partial charge < -0.3 is 0 Å². The molecular weight excluding hydrogens is 338 g/mol. The van der Waals surface area contributed by atoms with Crippen LogP contribution in [0.5, 0.6) is 0 Å². The second kappa shape index (κ2) is 7.16. The second-order valence-electron chi connectivity index (χ2n) is 5.11. The molecule has 9 heteroatoms. The van der Waals surface area contributed by atoms with Gasteiger partial charge in [0, 0.05) is 22.9 Å². The highest BCUT2D eigenvalue weighted by Gasteiger charge is 2.25. The Morgan fingerprint density at radius 3 is 2.65 bits per heavy atom. The zero-order chi connectivity index (χ0) is 17.0. The fourth-order valence-corrected chi connectivity index (χ4v) is 3.33. The molecule has 0 unspecified atom stereocenters. The Morgan fingerprint density at radius 2 is 2.13 bits per heavy atom. The Bertz CT molecular complexity index is 778. The molecule has 1 aromatic rings. The Kier molecular flexibility index (Phi) is 5.45. The van der Waals surface area contributed by atoms with Gasteiger partial charge in [-0.1, -0.05) is 0 Å². The van der Waals surface area contributed by atoms with E-state index in [1.165, 1.54) is 17.5 Å². The first-order valence-corrected chi connectivity index (χ1v) is 9.56. The van der Waals surface area contributed by atoms with Crippen LogP contribution in [0.3, 0.4) is 0 Å². The third kappa shape index (κ3) is 5.08. The van der Waals surface area contributed by atoms with Gasteiger partial charge in [-0.25, -0.2) is 8.42 Å². The van der Waals surface area contributed by atoms with Crippen molar-refractivity contribution in [3.63, 3.8) is 0 Å². The third-order valence-electron chi connectivity index (χ3n) is 2.99. The van der Waals surface area contributed by atoms with Gasteiger partial charge >= 0.3 is 0 Å². The minimum atomic E-state index is -3.69. The van der Waals surface area contributed by atoms with E-state index in [9.17, 15) is 18.0 Å². The van der Waals surface area contributed by atoms with E-state index in [1.54, 1.807) is 18.3 Å². The lowest BCUT2D eigenvalue weighted by molar-refractivity contribution is -0.128. The number of rotatable bonds is 6. The summed E-state index contributed by atoms with van der Waals surface area (Å²) in [7, 11) is -3.69. The highest BCUT2D eigenvalue weighted by Crippen LogP contribution is 2.17. The SMILES string of the molecule is Cc1ccc(C(=O)CN(NS(C)(=O)=O)C(=O)C2=CN=CCC2)s1. The topological polar surface area (TPSA) is 95.9 Å². The lowest BCUT2D eigenvalue weighted by Crippen LogP contribution is -2.48. The number of hydrogen-bond acceptors (Lipinski definition) is 6. The van der Waals surface area contributed by atoms with Crippen molar-refractivity contribution in [2.45, 2.75) is 19.8 Å². The van der Waals surface area contributed by atoms with Crippen LogP contribution in [0.15, 0.2) is 28.9 Å². The Labute approximate surface area is 138 Å². The van der Waals surface area contributed by atoms with Gasteiger partial charge in [0.1, 0.15) is 6.54 Å². The molecule has 0 spiro atoms. The zero-order valence-electron chi connectivity index (χ0n) is 12.8. The number of hydrazine groups is 1. The number of nitrogens with one attached hydrogen (secondary N) is 1. The van der Waals surface area contributed by atoms with E-state index in [2.05, 4.69) is 9.82 Å². The molecule has 23 heavy (non-hydrogen) atoms. The molecule has 1 N–H and O–H groups in total. The third-order valence-corrected chi connectivity index (χ3v) is 4.59. The molecule has 1 amide bonds. The summed E-state index contributed by atoms with van der Waals surface area (Å²) in [6.45, 7) is 1.50. The molecule has 0 radical (unpaired) electrons. The number of aryl methyl sites for hydroxylation is 1. The van der Waals surface area contributed by atoms with Crippen LogP contribution in [0.1, 0.15) is 27.4 Å². The van der Waals surface area contributed by atoms with E-state index in [0.717, 1.165) is 16.1 Å². The average molecular weight is 355 g/mol. The van der Waals surface area contributed by atoms with Gasteiger partial charge in [-0.15, -0.1) is 16.2 Å². The quantitative estimate of drug-likeness (QED) is 0.614. The van der Waals surface area contributed by atoms with E-state index in [-0.39, 0.29) is 12.3 Å². The van der Waals surface area contributed by atoms with Crippen molar-refractivity contribution in [3.8, 4) is 0 Å². The van der Waals surface area contributed by atoms with Gasteiger partial charge in [0.05, 0.1) is 11.1 Å². The largest absolute Gasteiger partial charge is 0.291 e. The Morgan fingerprint density at radius 1 is 1.39 bits per heavy atom. The molecule has 124 valence electrons. The van der Waals surface area contributed by atoms with Crippen LogP contribution in [0, 0.1) is 6.92 Å². The number of aliphatic imine (C=N–C) groups is 1. The van der Waals surface area contributed by atoms with Crippen molar-refractivity contribution in [1.82, 2.24) is 9.84 Å². The minimum absolute atomic E-state index is 0.326. The summed E-state index contributed by atoms with van der Waals surface area (Å²) in [4.78, 5) is 32.2. The Balaban J connectivity index is 2.20. The predicted molar refractivity (Wildman–Crippen MR) is 88.9 cm³/mol. The molecule has 1 aliphatic rings. The van der Waals surface area contributed by atoms with Crippen molar-refractivity contribution in [2.24, 2.45) is 4.99 Å². The number of thiophene rings is 1. The van der Waals surface area contributed by atoms with Gasteiger partial charge in [-0.2, -0.15) is 0 Å². The molecule has 1 aromatic heterocycles. The lowest BCUT2D eigenvalue weighted by atomic mass is 10.1. The Hall–Kier alpha value is -1.84. The second-order valence-corrected chi connectivity index (χ2v) is 8.13. The molecular formula is C14H17N3O4S2. The van der Waals surface area contributed by atoms with Crippen LogP contribution in [0.2, 0.25) is 0 Å². The molecule has 1 aliphatic heterocycles. The number of amides is 1. The first-order chi connectivity index (χ1) is 10.8. The fraction of sp³-hybridized carbons (Fsp3) is 0.357. The normalized spacial score (nSPS) is 14.4. The standard InChI is InChI=1S/C14H17N3O4S2/c1-10-5-6-13(22-10)12(18)9-17(16-23(2,20)21)14(19)11-4-3-7-15-8-11/h5-8,16H,3-4,9H2,1-2H3. The summed E-state index contributed by atoms with van der Waals surface area (Å²) in [5, 5.41) is 0.833. The van der Waals surface area contributed by atoms with Crippen LogP contribution in [-0.4, -0.2) is 44.1 Å². The van der Waals surface area contributed by atoms with Crippen molar-refractivity contribution >= 4 is 39.3 Å². The fourth-order valence-electron chi connectivity index (χ4n) is 1.99. The molecule has 0 fully saturated rings. The van der Waals surface area contributed by atoms with Crippen molar-refractivity contribution in [2.75, 3.05) is 12.8 Å². The van der Waals surface area contributed by atoms with E-state index in [1.807, 2.05) is 6.92 Å². The first-order valence-electron chi connectivity index (χ1n) is 6.86. The van der Waals surface area contributed by atoms with Crippen LogP contribution in [0.25, 0.3) is 0 Å². The summed E-state index contributed by atoms with van der Waals surface area (Å²) in [5.74, 6) is -0.888. The maximum absolute atomic E-state index is 12.5. The number of carbonyl (C=O) groups excluding carboxylic acids is 2. The van der Waals surface area contributed by atoms with Gasteiger partial charge in [-0.05, 0) is 31.9 Å². The molecule has 0 saturated heterocycles. The zero-order valence-corrected chi connectivity index (χ0v) is 14.4. The smallest absolute Gasteiger partial charge is 0.266 e. The summed E-state index contributed by atoms with van der Waals surface area (Å²) < 4.78 is 23.0. The molecule has 7 nitrogen and oxygen atoms in total. The average Bonchev–Trinajstić information content (AvgIpc) is 2.92. The van der Waals surface area contributed by atoms with Crippen molar-refractivity contribution in [1.29, 1.82) is 0 Å². The number of ketones is 1. The van der Waals surface area contributed by atoms with Crippen LogP contribution in [0.4, 0.5) is 0 Å². The van der Waals surface area contributed by atoms with E-state index < -0.39 is 15.9 Å². The first kappa shape index (κ1) is 17.5. The molecule has 0 bridgehead atoms. The number of carbonyl (C=O) groups is 2. The van der Waals surface area contributed by atoms with E-state index in [0.29, 0.717) is 23.3 Å². The van der Waals surface area contributed by atoms with E-state index >= 15 is 0 Å². The highest BCUT2D eigenvalue weighted by molar-refractivity contribution is 7.88. The molecule has 2 rings (SSSR count). The minimum Gasteiger partial charge on any atom is -0.291 e. The predicted octanol–water partition coefficient (Wildman–Crippen LogP) is 1.28. The molecule has 0 aromatic carbocycles. The van der Waals surface area contributed by atoms with Crippen LogP contribution in [-0.2, 0) is 14.8 Å². The monoisotopic (exact) mass is 355 g/mol. The van der Waals surface area contributed by atoms with Crippen LogP contribution < -0.4 is 4.83 Å². The maximum atomic E-state index is 12.5. The summed E-state index contributed by atoms with van der Waals surface area (Å²) in [6.07, 6.45) is 5.05. The van der Waals surface area contributed by atoms with Crippen molar-refractivity contribution in [3.05, 3.63) is 33.7 Å². The van der Waals surface area contributed by atoms with Gasteiger partial charge in [0.2, 0.25) is 10.0 Å². The van der Waals surface area contributed by atoms with E-state index in [4.69, 9.17) is 0 Å². The van der Waals surface area contributed by atoms with Gasteiger partial charge in [0.25, 0.3) is 5.91 Å². The van der Waals surface area contributed by atoms with Gasteiger partial charge in [0.15, 0.2) is 5.78 Å². The summed E-state index contributed by atoms with van der Waals surface area (Å²) in [6, 6.07) is 3.46. The molecule has 2 heterocycles. The summed E-state index contributed by atoms with van der Waals surface area (Å²) in [5.41, 5.74) is 0.360. The van der Waals surface area contributed by atoms with Crippen LogP contribution >= 0.6 is 11.3 Å². The molecule has 0 aliphatic carbocycles. The summed E-state index contributed by atoms with van der Waals surface area (Å²) >= 11 is 1.30. The number of Topliss-reactive ketones (excluding diaryl/α,β-unsaturated/α-hetero) is 1. The number of hydrogen-bond donors (Lipinski definition) is 1. The lowest BCUT2D eigenvalue weighted by Gasteiger charge is -2.23. The van der Waals surface area contributed by atoms with Gasteiger partial charge in [-0.3, -0.25) is 19.6 Å². The maximum Gasteiger partial charge on any atom is 0.266 e. The molecule has 0 atom stereocenters. The molecule has 0 saturated carbocycles. The van der Waals surface area contributed by atoms with Crippen molar-refractivity contribution < 1.29 is 18.0 Å². The number of sulfonamides is 1. The number of nitrogens with zero attached hydrogens (tertiary/aromatic N) is 2.